The molecule has 2 N–H and O–H groups in total. The Hall–Kier alpha value is -0.160. The number of ether oxygens (including phenoxy) is 1. The molecule has 4 heteroatoms. The summed E-state index contributed by atoms with van der Waals surface area (Å²) in [5.74, 6) is 0.545. The smallest absolute Gasteiger partial charge is 0.0898 e. The quantitative estimate of drug-likeness (QED) is 0.691. The fourth-order valence-electron chi connectivity index (χ4n) is 1.60. The van der Waals surface area contributed by atoms with Crippen LogP contribution in [-0.2, 0) is 4.74 Å². The van der Waals surface area contributed by atoms with Gasteiger partial charge in [-0.1, -0.05) is 13.8 Å². The fraction of sp³-hybridized carbons (Fsp3) is 1.00. The summed E-state index contributed by atoms with van der Waals surface area (Å²) >= 11 is 0. The molecule has 0 aromatic rings. The van der Waals surface area contributed by atoms with Crippen LogP contribution in [-0.4, -0.2) is 61.5 Å². The van der Waals surface area contributed by atoms with Crippen molar-refractivity contribution in [1.29, 1.82) is 0 Å². The van der Waals surface area contributed by atoms with E-state index in [1.54, 1.807) is 0 Å². The van der Waals surface area contributed by atoms with Gasteiger partial charge in [0.15, 0.2) is 0 Å². The second kappa shape index (κ2) is 8.10. The fourth-order valence-corrected chi connectivity index (χ4v) is 1.60. The number of likely N-dealkylation sites (N-methyl/N-ethyl adjacent to an activating group) is 1. The first-order chi connectivity index (χ1) is 8.11. The lowest BCUT2D eigenvalue weighted by Crippen LogP contribution is -2.46. The maximum Gasteiger partial charge on any atom is 0.0898 e. The van der Waals surface area contributed by atoms with Gasteiger partial charge in [0.05, 0.1) is 18.3 Å². The molecule has 0 saturated heterocycles. The zero-order valence-electron chi connectivity index (χ0n) is 13.2. The maximum absolute atomic E-state index is 9.88. The molecule has 0 aromatic heterocycles. The Bertz CT molecular complexity index is 212. The number of rotatable bonds is 8. The van der Waals surface area contributed by atoms with E-state index in [9.17, 15) is 5.11 Å². The molecule has 0 rings (SSSR count). The van der Waals surface area contributed by atoms with Gasteiger partial charge in [-0.15, -0.1) is 0 Å². The highest BCUT2D eigenvalue weighted by atomic mass is 16.5. The minimum Gasteiger partial charge on any atom is -0.389 e. The van der Waals surface area contributed by atoms with Crippen molar-refractivity contribution >= 4 is 0 Å². The van der Waals surface area contributed by atoms with Gasteiger partial charge in [0, 0.05) is 19.1 Å². The lowest BCUT2D eigenvalue weighted by Gasteiger charge is -2.28. The van der Waals surface area contributed by atoms with Crippen molar-refractivity contribution in [2.75, 3.05) is 33.8 Å². The predicted octanol–water partition coefficient (Wildman–Crippen LogP) is 1.34. The third-order valence-electron chi connectivity index (χ3n) is 2.69. The molecule has 0 aliphatic heterocycles. The van der Waals surface area contributed by atoms with Gasteiger partial charge in [0.2, 0.25) is 0 Å². The van der Waals surface area contributed by atoms with Gasteiger partial charge in [0.1, 0.15) is 0 Å². The third kappa shape index (κ3) is 9.83. The van der Waals surface area contributed by atoms with Crippen molar-refractivity contribution in [2.24, 2.45) is 5.92 Å². The van der Waals surface area contributed by atoms with E-state index in [0.717, 1.165) is 6.54 Å². The first kappa shape index (κ1) is 17.8. The molecule has 0 spiro atoms. The molecule has 18 heavy (non-hydrogen) atoms. The number of aliphatic hydroxyl groups is 1. The van der Waals surface area contributed by atoms with Crippen LogP contribution in [0.5, 0.6) is 0 Å². The van der Waals surface area contributed by atoms with E-state index in [1.807, 2.05) is 20.8 Å². The van der Waals surface area contributed by atoms with Crippen LogP contribution >= 0.6 is 0 Å². The molecule has 0 aliphatic carbocycles. The second-order valence-electron chi connectivity index (χ2n) is 6.60. The molecular formula is C14H32N2O2. The van der Waals surface area contributed by atoms with Crippen molar-refractivity contribution in [3.63, 3.8) is 0 Å². The van der Waals surface area contributed by atoms with Crippen LogP contribution in [0.2, 0.25) is 0 Å². The van der Waals surface area contributed by atoms with E-state index < -0.39 is 6.10 Å². The molecular weight excluding hydrogens is 228 g/mol. The summed E-state index contributed by atoms with van der Waals surface area (Å²) < 4.78 is 5.56. The Morgan fingerprint density at radius 3 is 2.17 bits per heavy atom. The number of nitrogens with zero attached hydrogens (tertiary/aromatic N) is 1. The minimum atomic E-state index is -0.451. The molecule has 2 atom stereocenters. The van der Waals surface area contributed by atoms with Gasteiger partial charge in [-0.3, -0.25) is 0 Å². The second-order valence-corrected chi connectivity index (χ2v) is 6.60. The first-order valence-corrected chi connectivity index (χ1v) is 6.82. The summed E-state index contributed by atoms with van der Waals surface area (Å²) in [6.07, 6.45) is -0.451. The molecule has 0 fully saturated rings. The Labute approximate surface area is 113 Å². The van der Waals surface area contributed by atoms with Crippen molar-refractivity contribution < 1.29 is 9.84 Å². The summed E-state index contributed by atoms with van der Waals surface area (Å²) in [4.78, 5) is 2.16. The summed E-state index contributed by atoms with van der Waals surface area (Å²) in [6, 6.07) is 0.393. The minimum absolute atomic E-state index is 0.192. The molecule has 0 radical (unpaired) electrons. The Kier molecular flexibility index (Phi) is 8.03. The van der Waals surface area contributed by atoms with E-state index in [4.69, 9.17) is 4.74 Å². The molecule has 0 saturated carbocycles. The van der Waals surface area contributed by atoms with E-state index in [0.29, 0.717) is 25.1 Å². The standard InChI is InChI=1S/C14H32N2O2/c1-11(2)13(9-16(6)7)15-8-12(17)10-18-14(3,4)5/h11-13,15,17H,8-10H2,1-7H3. The van der Waals surface area contributed by atoms with Gasteiger partial charge < -0.3 is 20.1 Å². The van der Waals surface area contributed by atoms with Crippen LogP contribution in [0.4, 0.5) is 0 Å². The number of nitrogens with one attached hydrogen (secondary N) is 1. The highest BCUT2D eigenvalue weighted by molar-refractivity contribution is 4.75. The topological polar surface area (TPSA) is 44.7 Å². The highest BCUT2D eigenvalue weighted by Crippen LogP contribution is 2.07. The van der Waals surface area contributed by atoms with Gasteiger partial charge in [-0.25, -0.2) is 0 Å². The van der Waals surface area contributed by atoms with E-state index in [1.165, 1.54) is 0 Å². The highest BCUT2D eigenvalue weighted by Gasteiger charge is 2.17. The SMILES string of the molecule is CC(C)C(CN(C)C)NCC(O)COC(C)(C)C. The van der Waals surface area contributed by atoms with Crippen LogP contribution in [0.1, 0.15) is 34.6 Å². The molecule has 0 aliphatic rings. The van der Waals surface area contributed by atoms with Crippen molar-refractivity contribution in [3.8, 4) is 0 Å². The van der Waals surface area contributed by atoms with Crippen molar-refractivity contribution in [2.45, 2.75) is 52.4 Å². The summed E-state index contributed by atoms with van der Waals surface area (Å²) in [6.45, 7) is 12.3. The van der Waals surface area contributed by atoms with Crippen molar-refractivity contribution in [1.82, 2.24) is 10.2 Å². The van der Waals surface area contributed by atoms with Crippen LogP contribution in [0.15, 0.2) is 0 Å². The van der Waals surface area contributed by atoms with Crippen molar-refractivity contribution in [3.05, 3.63) is 0 Å². The Morgan fingerprint density at radius 1 is 1.22 bits per heavy atom. The molecule has 0 heterocycles. The third-order valence-corrected chi connectivity index (χ3v) is 2.69. The molecule has 110 valence electrons. The zero-order valence-corrected chi connectivity index (χ0v) is 13.2. The van der Waals surface area contributed by atoms with E-state index in [2.05, 4.69) is 38.2 Å². The molecule has 0 bridgehead atoms. The lowest BCUT2D eigenvalue weighted by molar-refractivity contribution is -0.0487. The monoisotopic (exact) mass is 260 g/mol. The first-order valence-electron chi connectivity index (χ1n) is 6.82. The summed E-state index contributed by atoms with van der Waals surface area (Å²) in [7, 11) is 4.13. The average molecular weight is 260 g/mol. The zero-order chi connectivity index (χ0) is 14.3. The molecule has 0 aromatic carbocycles. The van der Waals surface area contributed by atoms with E-state index in [-0.39, 0.29) is 5.60 Å². The normalized spacial score (nSPS) is 16.3. The summed E-state index contributed by atoms with van der Waals surface area (Å²) in [5, 5.41) is 13.3. The Morgan fingerprint density at radius 2 is 1.78 bits per heavy atom. The lowest BCUT2D eigenvalue weighted by atomic mass is 10.0. The maximum atomic E-state index is 9.88. The van der Waals surface area contributed by atoms with Gasteiger partial charge >= 0.3 is 0 Å². The van der Waals surface area contributed by atoms with Crippen LogP contribution in [0.3, 0.4) is 0 Å². The van der Waals surface area contributed by atoms with Gasteiger partial charge in [0.25, 0.3) is 0 Å². The van der Waals surface area contributed by atoms with E-state index >= 15 is 0 Å². The van der Waals surface area contributed by atoms with Gasteiger partial charge in [-0.05, 0) is 40.8 Å². The number of hydrogen-bond acceptors (Lipinski definition) is 4. The largest absolute Gasteiger partial charge is 0.389 e. The Balaban J connectivity index is 3.96. The molecule has 4 nitrogen and oxygen atoms in total. The molecule has 0 amide bonds. The molecule has 2 unspecified atom stereocenters. The summed E-state index contributed by atoms with van der Waals surface area (Å²) in [5.41, 5.74) is -0.192. The van der Waals surface area contributed by atoms with Crippen LogP contribution < -0.4 is 5.32 Å². The predicted molar refractivity (Wildman–Crippen MR) is 76.9 cm³/mol. The van der Waals surface area contributed by atoms with Crippen LogP contribution in [0.25, 0.3) is 0 Å². The van der Waals surface area contributed by atoms with Crippen LogP contribution in [0, 0.1) is 5.92 Å². The van der Waals surface area contributed by atoms with Gasteiger partial charge in [-0.2, -0.15) is 0 Å². The number of aliphatic hydroxyl groups excluding tert-OH is 1. The number of hydrogen-bond donors (Lipinski definition) is 2. The average Bonchev–Trinajstić information content (AvgIpc) is 2.19.